The van der Waals surface area contributed by atoms with Crippen molar-refractivity contribution in [2.24, 2.45) is 0 Å². The first-order valence-corrected chi connectivity index (χ1v) is 13.7. The molecule has 0 aliphatic carbocycles. The molecule has 7 nitrogen and oxygen atoms in total. The number of benzene rings is 4. The Morgan fingerprint density at radius 2 is 1.56 bits per heavy atom. The Morgan fingerprint density at radius 1 is 0.780 bits per heavy atom. The quantitative estimate of drug-likeness (QED) is 0.174. The van der Waals surface area contributed by atoms with Gasteiger partial charge in [0.25, 0.3) is 0 Å². The fraction of sp³-hybridized carbons (Fsp3) is 0.235. The maximum Gasteiger partial charge on any atom is 0.307 e. The normalized spacial score (nSPS) is 10.7. The molecule has 7 heteroatoms. The highest BCUT2D eigenvalue weighted by molar-refractivity contribution is 5.72. The van der Waals surface area contributed by atoms with E-state index in [0.717, 1.165) is 22.3 Å². The van der Waals surface area contributed by atoms with Crippen molar-refractivity contribution in [2.75, 3.05) is 13.1 Å². The highest BCUT2D eigenvalue weighted by Gasteiger charge is 2.11. The van der Waals surface area contributed by atoms with E-state index < -0.39 is 5.97 Å². The summed E-state index contributed by atoms with van der Waals surface area (Å²) in [5, 5.41) is 15.2. The molecule has 0 unspecified atom stereocenters. The van der Waals surface area contributed by atoms with Gasteiger partial charge in [-0.3, -0.25) is 9.59 Å². The largest absolute Gasteiger partial charge is 0.489 e. The van der Waals surface area contributed by atoms with Crippen LogP contribution in [0.4, 0.5) is 0 Å². The molecule has 0 saturated heterocycles. The zero-order valence-electron chi connectivity index (χ0n) is 23.5. The smallest absolute Gasteiger partial charge is 0.307 e. The molecule has 0 spiro atoms. The molecular weight excluding hydrogens is 516 g/mol. The number of carboxylic acids is 1. The second kappa shape index (κ2) is 14.7. The lowest BCUT2D eigenvalue weighted by Crippen LogP contribution is -2.30. The zero-order chi connectivity index (χ0) is 29.0. The summed E-state index contributed by atoms with van der Waals surface area (Å²) in [6.07, 6.45) is -0.0362. The molecule has 212 valence electrons. The van der Waals surface area contributed by atoms with E-state index in [2.05, 4.69) is 47.9 Å². The average Bonchev–Trinajstić information content (AvgIpc) is 2.96. The summed E-state index contributed by atoms with van der Waals surface area (Å²) in [4.78, 5) is 22.3. The number of hydrogen-bond acceptors (Lipinski definition) is 5. The maximum absolute atomic E-state index is 11.1. The number of carboxylic acid groups (broad SMARTS) is 1. The van der Waals surface area contributed by atoms with Crippen molar-refractivity contribution in [3.63, 3.8) is 0 Å². The van der Waals surface area contributed by atoms with Crippen LogP contribution in [0.25, 0.3) is 11.1 Å². The Labute approximate surface area is 241 Å². The summed E-state index contributed by atoms with van der Waals surface area (Å²) < 4.78 is 12.5. The van der Waals surface area contributed by atoms with E-state index in [1.54, 1.807) is 6.07 Å². The standard InChI is InChI=1S/C34H36N2O5/c1-24-30(12-7-13-32(24)28-10-4-3-5-11-28)23-40-31-15-14-29(21-35-16-17-36-25(2)37)33(20-31)41-22-27-9-6-8-26(18-27)19-34(38)39/h3-15,18,20,35H,16-17,19,21-23H2,1-2H3,(H,36,37)(H,38,39). The molecule has 1 amide bonds. The van der Waals surface area contributed by atoms with Crippen molar-refractivity contribution >= 4 is 11.9 Å². The molecule has 0 atom stereocenters. The third kappa shape index (κ3) is 8.95. The average molecular weight is 553 g/mol. The van der Waals surface area contributed by atoms with Gasteiger partial charge in [0.1, 0.15) is 24.7 Å². The van der Waals surface area contributed by atoms with Crippen LogP contribution >= 0.6 is 0 Å². The van der Waals surface area contributed by atoms with Crippen LogP contribution in [0.2, 0.25) is 0 Å². The minimum absolute atomic E-state index is 0.0362. The number of hydrogen-bond donors (Lipinski definition) is 3. The number of amides is 1. The van der Waals surface area contributed by atoms with Gasteiger partial charge >= 0.3 is 5.97 Å². The van der Waals surface area contributed by atoms with Crippen LogP contribution in [0.1, 0.15) is 34.7 Å². The van der Waals surface area contributed by atoms with Crippen LogP contribution in [0.5, 0.6) is 11.5 Å². The molecule has 0 aliphatic heterocycles. The van der Waals surface area contributed by atoms with E-state index in [9.17, 15) is 9.59 Å². The van der Waals surface area contributed by atoms with E-state index in [0.29, 0.717) is 37.7 Å². The monoisotopic (exact) mass is 552 g/mol. The van der Waals surface area contributed by atoms with Crippen LogP contribution in [-0.2, 0) is 35.8 Å². The molecule has 0 bridgehead atoms. The van der Waals surface area contributed by atoms with Crippen molar-refractivity contribution in [3.05, 3.63) is 119 Å². The molecule has 4 aromatic carbocycles. The third-order valence-electron chi connectivity index (χ3n) is 6.70. The number of rotatable bonds is 14. The van der Waals surface area contributed by atoms with Gasteiger partial charge < -0.3 is 25.2 Å². The fourth-order valence-corrected chi connectivity index (χ4v) is 4.55. The topological polar surface area (TPSA) is 96.9 Å². The molecule has 0 aliphatic rings. The molecule has 0 saturated carbocycles. The Hall–Kier alpha value is -4.62. The van der Waals surface area contributed by atoms with Crippen LogP contribution < -0.4 is 20.1 Å². The minimum atomic E-state index is -0.870. The van der Waals surface area contributed by atoms with Crippen LogP contribution in [0.3, 0.4) is 0 Å². The molecule has 41 heavy (non-hydrogen) atoms. The number of nitrogens with one attached hydrogen (secondary N) is 2. The Kier molecular flexibility index (Phi) is 10.5. The summed E-state index contributed by atoms with van der Waals surface area (Å²) >= 11 is 0. The van der Waals surface area contributed by atoms with Gasteiger partial charge in [-0.15, -0.1) is 0 Å². The number of ether oxygens (including phenoxy) is 2. The van der Waals surface area contributed by atoms with Gasteiger partial charge in [0.05, 0.1) is 6.42 Å². The first-order valence-electron chi connectivity index (χ1n) is 13.7. The van der Waals surface area contributed by atoms with Gasteiger partial charge in [-0.1, -0.05) is 78.9 Å². The van der Waals surface area contributed by atoms with Crippen molar-refractivity contribution < 1.29 is 24.2 Å². The molecule has 3 N–H and O–H groups in total. The van der Waals surface area contributed by atoms with Crippen molar-refractivity contribution in [3.8, 4) is 22.6 Å². The third-order valence-corrected chi connectivity index (χ3v) is 6.70. The van der Waals surface area contributed by atoms with Gasteiger partial charge in [0.15, 0.2) is 0 Å². The summed E-state index contributed by atoms with van der Waals surface area (Å²) in [6, 6.07) is 29.8. The molecule has 4 rings (SSSR count). The molecule has 0 fully saturated rings. The highest BCUT2D eigenvalue weighted by Crippen LogP contribution is 2.29. The zero-order valence-corrected chi connectivity index (χ0v) is 23.5. The second-order valence-corrected chi connectivity index (χ2v) is 9.85. The maximum atomic E-state index is 11.1. The Bertz CT molecular complexity index is 1470. The van der Waals surface area contributed by atoms with Crippen LogP contribution in [0.15, 0.2) is 91.0 Å². The Balaban J connectivity index is 1.48. The summed E-state index contributed by atoms with van der Waals surface area (Å²) in [5.74, 6) is 0.427. The van der Waals surface area contributed by atoms with E-state index in [4.69, 9.17) is 14.6 Å². The summed E-state index contributed by atoms with van der Waals surface area (Å²) in [7, 11) is 0. The summed E-state index contributed by atoms with van der Waals surface area (Å²) in [5.41, 5.74) is 7.19. The lowest BCUT2D eigenvalue weighted by Gasteiger charge is -2.16. The van der Waals surface area contributed by atoms with E-state index in [1.165, 1.54) is 23.6 Å². The molecular formula is C34H36N2O5. The number of carbonyl (C=O) groups is 2. The van der Waals surface area contributed by atoms with Gasteiger partial charge in [-0.2, -0.15) is 0 Å². The van der Waals surface area contributed by atoms with E-state index >= 15 is 0 Å². The van der Waals surface area contributed by atoms with E-state index in [-0.39, 0.29) is 18.9 Å². The van der Waals surface area contributed by atoms with Crippen molar-refractivity contribution in [1.29, 1.82) is 0 Å². The van der Waals surface area contributed by atoms with Crippen molar-refractivity contribution in [1.82, 2.24) is 10.6 Å². The van der Waals surface area contributed by atoms with Gasteiger partial charge in [0.2, 0.25) is 5.91 Å². The van der Waals surface area contributed by atoms with Gasteiger partial charge in [0, 0.05) is 38.2 Å². The predicted octanol–water partition coefficient (Wildman–Crippen LogP) is 5.67. The fourth-order valence-electron chi connectivity index (χ4n) is 4.55. The lowest BCUT2D eigenvalue weighted by molar-refractivity contribution is -0.136. The first kappa shape index (κ1) is 29.4. The predicted molar refractivity (Wildman–Crippen MR) is 160 cm³/mol. The second-order valence-electron chi connectivity index (χ2n) is 9.85. The van der Waals surface area contributed by atoms with E-state index in [1.807, 2.05) is 54.6 Å². The highest BCUT2D eigenvalue weighted by atomic mass is 16.5. The van der Waals surface area contributed by atoms with Crippen LogP contribution in [0, 0.1) is 6.92 Å². The van der Waals surface area contributed by atoms with Gasteiger partial charge in [-0.05, 0) is 46.4 Å². The molecule has 0 heterocycles. The summed E-state index contributed by atoms with van der Waals surface area (Å²) in [6.45, 7) is 6.01. The lowest BCUT2D eigenvalue weighted by atomic mass is 9.97. The Morgan fingerprint density at radius 3 is 2.34 bits per heavy atom. The van der Waals surface area contributed by atoms with Gasteiger partial charge in [-0.25, -0.2) is 0 Å². The SMILES string of the molecule is CC(=O)NCCNCc1ccc(OCc2cccc(-c3ccccc3)c2C)cc1OCc1cccc(CC(=O)O)c1. The molecule has 4 aromatic rings. The first-order chi connectivity index (χ1) is 19.9. The van der Waals surface area contributed by atoms with Crippen molar-refractivity contribution in [2.45, 2.75) is 40.0 Å². The molecule has 0 aromatic heterocycles. The number of carbonyl (C=O) groups excluding carboxylic acids is 1. The minimum Gasteiger partial charge on any atom is -0.489 e. The van der Waals surface area contributed by atoms with Crippen LogP contribution in [-0.4, -0.2) is 30.1 Å². The number of aliphatic carboxylic acids is 1. The molecule has 0 radical (unpaired) electrons.